The maximum absolute atomic E-state index is 3.51. The Kier molecular flexibility index (Phi) is 3.16. The summed E-state index contributed by atoms with van der Waals surface area (Å²) in [4.78, 5) is 4.74. The van der Waals surface area contributed by atoms with Gasteiger partial charge in [-0.05, 0) is 43.0 Å². The van der Waals surface area contributed by atoms with Crippen molar-refractivity contribution < 1.29 is 0 Å². The molecule has 0 spiro atoms. The summed E-state index contributed by atoms with van der Waals surface area (Å²) in [5.41, 5.74) is 4.27. The van der Waals surface area contributed by atoms with E-state index in [0.717, 1.165) is 19.6 Å². The van der Waals surface area contributed by atoms with Crippen LogP contribution in [-0.2, 0) is 0 Å². The van der Waals surface area contributed by atoms with Crippen LogP contribution in [0.2, 0.25) is 0 Å². The van der Waals surface area contributed by atoms with Gasteiger partial charge in [0.05, 0.1) is 11.4 Å². The normalized spacial score (nSPS) is 24.0. The lowest BCUT2D eigenvalue weighted by Gasteiger charge is -2.35. The van der Waals surface area contributed by atoms with Crippen LogP contribution >= 0.6 is 0 Å². The Morgan fingerprint density at radius 1 is 1.11 bits per heavy atom. The van der Waals surface area contributed by atoms with Crippen LogP contribution in [0.5, 0.6) is 0 Å². The molecule has 1 aromatic carbocycles. The highest BCUT2D eigenvalue weighted by molar-refractivity contribution is 5.74. The molecule has 0 saturated carbocycles. The molecule has 1 N–H and O–H groups in total. The van der Waals surface area contributed by atoms with Crippen LogP contribution in [0.3, 0.4) is 0 Å². The second-order valence-electron chi connectivity index (χ2n) is 5.63. The van der Waals surface area contributed by atoms with Crippen LogP contribution < -0.4 is 15.1 Å². The second-order valence-corrected chi connectivity index (χ2v) is 5.63. The fourth-order valence-electron chi connectivity index (χ4n) is 3.10. The first-order valence-corrected chi connectivity index (χ1v) is 7.02. The average molecular weight is 245 g/mol. The number of benzene rings is 1. The quantitative estimate of drug-likeness (QED) is 0.817. The zero-order chi connectivity index (χ0) is 12.5. The monoisotopic (exact) mass is 245 g/mol. The molecule has 1 saturated heterocycles. The summed E-state index contributed by atoms with van der Waals surface area (Å²) in [7, 11) is 4.39. The number of anilines is 2. The lowest BCUT2D eigenvalue weighted by atomic mass is 9.90. The first-order valence-electron chi connectivity index (χ1n) is 7.02. The third kappa shape index (κ3) is 2.07. The van der Waals surface area contributed by atoms with E-state index in [1.807, 2.05) is 0 Å². The Bertz CT molecular complexity index is 424. The van der Waals surface area contributed by atoms with Crippen LogP contribution in [-0.4, -0.2) is 40.3 Å². The van der Waals surface area contributed by atoms with E-state index in [2.05, 4.69) is 47.4 Å². The minimum Gasteiger partial charge on any atom is -0.371 e. The minimum absolute atomic E-state index is 0.699. The number of fused-ring (bicyclic) bond motifs is 1. The molecule has 3 nitrogen and oxygen atoms in total. The molecule has 2 aliphatic heterocycles. The number of nitrogens with zero attached hydrogens (tertiary/aromatic N) is 2. The van der Waals surface area contributed by atoms with Crippen molar-refractivity contribution in [3.63, 3.8) is 0 Å². The van der Waals surface area contributed by atoms with Gasteiger partial charge in [0, 0.05) is 33.7 Å². The average Bonchev–Trinajstić information content (AvgIpc) is 2.44. The van der Waals surface area contributed by atoms with Crippen molar-refractivity contribution in [2.24, 2.45) is 0 Å². The number of likely N-dealkylation sites (N-methyl/N-ethyl adjacent to an activating group) is 2. The number of nitrogens with one attached hydrogen (secondary N) is 1. The summed E-state index contributed by atoms with van der Waals surface area (Å²) in [5.74, 6) is 0.699. The van der Waals surface area contributed by atoms with Crippen molar-refractivity contribution in [3.8, 4) is 0 Å². The highest BCUT2D eigenvalue weighted by Crippen LogP contribution is 2.35. The molecule has 18 heavy (non-hydrogen) atoms. The summed E-state index contributed by atoms with van der Waals surface area (Å²) >= 11 is 0. The Morgan fingerprint density at radius 3 is 2.61 bits per heavy atom. The van der Waals surface area contributed by atoms with Crippen molar-refractivity contribution in [3.05, 3.63) is 23.8 Å². The van der Waals surface area contributed by atoms with E-state index in [1.54, 1.807) is 0 Å². The molecule has 0 amide bonds. The third-order valence-corrected chi connectivity index (χ3v) is 4.36. The third-order valence-electron chi connectivity index (χ3n) is 4.36. The van der Waals surface area contributed by atoms with E-state index < -0.39 is 0 Å². The van der Waals surface area contributed by atoms with Crippen LogP contribution in [0.15, 0.2) is 18.2 Å². The van der Waals surface area contributed by atoms with Crippen molar-refractivity contribution in [1.29, 1.82) is 0 Å². The van der Waals surface area contributed by atoms with E-state index in [1.165, 1.54) is 36.3 Å². The molecule has 0 bridgehead atoms. The molecule has 2 heterocycles. The van der Waals surface area contributed by atoms with Gasteiger partial charge < -0.3 is 15.1 Å². The predicted molar refractivity (Wildman–Crippen MR) is 77.8 cm³/mol. The summed E-state index contributed by atoms with van der Waals surface area (Å²) < 4.78 is 0. The summed E-state index contributed by atoms with van der Waals surface area (Å²) in [6, 6.07) is 7.03. The van der Waals surface area contributed by atoms with Gasteiger partial charge in [0.25, 0.3) is 0 Å². The Labute approximate surface area is 110 Å². The second kappa shape index (κ2) is 4.81. The smallest absolute Gasteiger partial charge is 0.0604 e. The first-order chi connectivity index (χ1) is 8.75. The summed E-state index contributed by atoms with van der Waals surface area (Å²) in [6.45, 7) is 4.56. The molecule has 0 aromatic heterocycles. The molecular formula is C15H23N3. The molecule has 3 rings (SSSR count). The van der Waals surface area contributed by atoms with Crippen LogP contribution in [0.25, 0.3) is 0 Å². The van der Waals surface area contributed by atoms with E-state index in [9.17, 15) is 0 Å². The molecule has 1 aromatic rings. The topological polar surface area (TPSA) is 18.5 Å². The van der Waals surface area contributed by atoms with E-state index in [0.29, 0.717) is 5.92 Å². The highest BCUT2D eigenvalue weighted by atomic mass is 15.2. The summed E-state index contributed by atoms with van der Waals surface area (Å²) in [5, 5.41) is 3.51. The van der Waals surface area contributed by atoms with E-state index in [4.69, 9.17) is 0 Å². The first kappa shape index (κ1) is 11.8. The van der Waals surface area contributed by atoms with Gasteiger partial charge in [0.1, 0.15) is 0 Å². The van der Waals surface area contributed by atoms with Gasteiger partial charge in [0.15, 0.2) is 0 Å². The lowest BCUT2D eigenvalue weighted by molar-refractivity contribution is 0.461. The van der Waals surface area contributed by atoms with Gasteiger partial charge in [-0.3, -0.25) is 0 Å². The summed E-state index contributed by atoms with van der Waals surface area (Å²) in [6.07, 6.45) is 2.63. The van der Waals surface area contributed by atoms with Gasteiger partial charge in [0.2, 0.25) is 0 Å². The fourth-order valence-corrected chi connectivity index (χ4v) is 3.10. The van der Waals surface area contributed by atoms with Crippen molar-refractivity contribution in [1.82, 2.24) is 5.32 Å². The van der Waals surface area contributed by atoms with E-state index >= 15 is 0 Å². The van der Waals surface area contributed by atoms with Crippen LogP contribution in [0, 0.1) is 0 Å². The zero-order valence-electron chi connectivity index (χ0n) is 11.4. The standard InChI is InChI=1S/C15H23N3/c1-17-8-9-18(2)15-10-12(5-6-14(15)17)13-4-3-7-16-11-13/h5-6,10,13,16H,3-4,7-9,11H2,1-2H3. The Balaban J connectivity index is 1.91. The number of rotatable bonds is 1. The predicted octanol–water partition coefficient (Wildman–Crippen LogP) is 2.04. The molecule has 3 heteroatoms. The Morgan fingerprint density at radius 2 is 1.89 bits per heavy atom. The molecule has 98 valence electrons. The molecule has 1 unspecified atom stereocenters. The van der Waals surface area contributed by atoms with Gasteiger partial charge in [-0.2, -0.15) is 0 Å². The molecule has 1 atom stereocenters. The van der Waals surface area contributed by atoms with Gasteiger partial charge in [-0.1, -0.05) is 6.07 Å². The molecular weight excluding hydrogens is 222 g/mol. The maximum atomic E-state index is 3.51. The van der Waals surface area contributed by atoms with Crippen molar-refractivity contribution >= 4 is 11.4 Å². The SMILES string of the molecule is CN1CCN(C)c2cc(C3CCCNC3)ccc21. The molecule has 0 radical (unpaired) electrons. The molecule has 1 fully saturated rings. The van der Waals surface area contributed by atoms with Gasteiger partial charge in [-0.15, -0.1) is 0 Å². The minimum atomic E-state index is 0.699. The van der Waals surface area contributed by atoms with E-state index in [-0.39, 0.29) is 0 Å². The van der Waals surface area contributed by atoms with Crippen molar-refractivity contribution in [2.45, 2.75) is 18.8 Å². The molecule has 0 aliphatic carbocycles. The van der Waals surface area contributed by atoms with Crippen LogP contribution in [0.1, 0.15) is 24.3 Å². The fraction of sp³-hybridized carbons (Fsp3) is 0.600. The number of piperidine rings is 1. The maximum Gasteiger partial charge on any atom is 0.0604 e. The largest absolute Gasteiger partial charge is 0.371 e. The highest BCUT2D eigenvalue weighted by Gasteiger charge is 2.21. The Hall–Kier alpha value is -1.22. The number of hydrogen-bond donors (Lipinski definition) is 1. The van der Waals surface area contributed by atoms with Gasteiger partial charge >= 0.3 is 0 Å². The lowest BCUT2D eigenvalue weighted by Crippen LogP contribution is -2.37. The van der Waals surface area contributed by atoms with Crippen molar-refractivity contribution in [2.75, 3.05) is 50.1 Å². The van der Waals surface area contributed by atoms with Crippen LogP contribution in [0.4, 0.5) is 11.4 Å². The van der Waals surface area contributed by atoms with Gasteiger partial charge in [-0.25, -0.2) is 0 Å². The number of hydrogen-bond acceptors (Lipinski definition) is 3. The molecule has 2 aliphatic rings. The zero-order valence-corrected chi connectivity index (χ0v) is 11.4.